The van der Waals surface area contributed by atoms with Crippen molar-refractivity contribution in [2.75, 3.05) is 31.1 Å². The second-order valence-electron chi connectivity index (χ2n) is 7.55. The minimum Gasteiger partial charge on any atom is -0.355 e. The second-order valence-corrected chi connectivity index (χ2v) is 7.55. The zero-order valence-corrected chi connectivity index (χ0v) is 16.1. The van der Waals surface area contributed by atoms with E-state index in [0.29, 0.717) is 0 Å². The van der Waals surface area contributed by atoms with Crippen LogP contribution in [0.2, 0.25) is 0 Å². The minimum atomic E-state index is 0.925. The standard InChI is InChI=1S/C20H30N6/c1-3-26-15-17(13-21-26)14-24-9-6-10-25(12-11-24)20-18-7-4-5-8-19(18)22-16(2)23-20/h13,15H,3-12,14H2,1-2H3. The van der Waals surface area contributed by atoms with Gasteiger partial charge in [0.25, 0.3) is 0 Å². The Balaban J connectivity index is 1.46. The molecule has 0 saturated carbocycles. The molecule has 2 aromatic rings. The lowest BCUT2D eigenvalue weighted by Gasteiger charge is -2.27. The first-order valence-corrected chi connectivity index (χ1v) is 10.1. The van der Waals surface area contributed by atoms with Gasteiger partial charge < -0.3 is 4.90 Å². The van der Waals surface area contributed by atoms with Crippen LogP contribution in [0, 0.1) is 6.92 Å². The minimum absolute atomic E-state index is 0.925. The summed E-state index contributed by atoms with van der Waals surface area (Å²) in [5.74, 6) is 2.14. The number of aryl methyl sites for hydroxylation is 3. The van der Waals surface area contributed by atoms with Gasteiger partial charge in [-0.1, -0.05) is 0 Å². The molecule has 1 saturated heterocycles. The molecule has 2 aromatic heterocycles. The van der Waals surface area contributed by atoms with Crippen molar-refractivity contribution in [2.45, 2.75) is 59.0 Å². The largest absolute Gasteiger partial charge is 0.355 e. The van der Waals surface area contributed by atoms with Crippen LogP contribution in [0.4, 0.5) is 5.82 Å². The Hall–Kier alpha value is -1.95. The second kappa shape index (κ2) is 7.74. The Morgan fingerprint density at radius 2 is 1.88 bits per heavy atom. The molecule has 6 heteroatoms. The number of anilines is 1. The van der Waals surface area contributed by atoms with Gasteiger partial charge in [0.05, 0.1) is 6.20 Å². The molecular formula is C20H30N6. The Morgan fingerprint density at radius 3 is 2.73 bits per heavy atom. The summed E-state index contributed by atoms with van der Waals surface area (Å²) in [4.78, 5) is 14.6. The highest BCUT2D eigenvalue weighted by Crippen LogP contribution is 2.28. The fraction of sp³-hybridized carbons (Fsp3) is 0.650. The Morgan fingerprint density at radius 1 is 1.00 bits per heavy atom. The molecular weight excluding hydrogens is 324 g/mol. The molecule has 0 bridgehead atoms. The van der Waals surface area contributed by atoms with E-state index in [4.69, 9.17) is 9.97 Å². The Kier molecular flexibility index (Phi) is 5.20. The predicted molar refractivity (Wildman–Crippen MR) is 103 cm³/mol. The molecule has 1 fully saturated rings. The van der Waals surface area contributed by atoms with Crippen molar-refractivity contribution >= 4 is 5.82 Å². The lowest BCUT2D eigenvalue weighted by atomic mass is 9.96. The maximum atomic E-state index is 4.86. The fourth-order valence-electron chi connectivity index (χ4n) is 4.22. The van der Waals surface area contributed by atoms with E-state index >= 15 is 0 Å². The van der Waals surface area contributed by atoms with Gasteiger partial charge in [0.2, 0.25) is 0 Å². The highest BCUT2D eigenvalue weighted by atomic mass is 15.3. The third-order valence-electron chi connectivity index (χ3n) is 5.58. The highest BCUT2D eigenvalue weighted by molar-refractivity contribution is 5.50. The van der Waals surface area contributed by atoms with Gasteiger partial charge in [-0.05, 0) is 46.0 Å². The summed E-state index contributed by atoms with van der Waals surface area (Å²) in [6, 6.07) is 0. The number of hydrogen-bond donors (Lipinski definition) is 0. The first-order chi connectivity index (χ1) is 12.7. The van der Waals surface area contributed by atoms with E-state index < -0.39 is 0 Å². The number of rotatable bonds is 4. The van der Waals surface area contributed by atoms with Crippen molar-refractivity contribution in [3.8, 4) is 0 Å². The van der Waals surface area contributed by atoms with E-state index in [1.54, 1.807) is 0 Å². The van der Waals surface area contributed by atoms with E-state index in [-0.39, 0.29) is 0 Å². The molecule has 1 aliphatic carbocycles. The number of fused-ring (bicyclic) bond motifs is 1. The summed E-state index contributed by atoms with van der Waals surface area (Å²) < 4.78 is 2.01. The van der Waals surface area contributed by atoms with Crippen LogP contribution in [0.1, 0.15) is 48.8 Å². The molecule has 0 aromatic carbocycles. The smallest absolute Gasteiger partial charge is 0.135 e. The van der Waals surface area contributed by atoms with Crippen molar-refractivity contribution in [1.82, 2.24) is 24.6 Å². The van der Waals surface area contributed by atoms with Crippen LogP contribution in [0.5, 0.6) is 0 Å². The van der Waals surface area contributed by atoms with Gasteiger partial charge in [-0.15, -0.1) is 0 Å². The molecule has 3 heterocycles. The van der Waals surface area contributed by atoms with Crippen LogP contribution in [-0.2, 0) is 25.9 Å². The normalized spacial score (nSPS) is 18.6. The third kappa shape index (κ3) is 3.75. The van der Waals surface area contributed by atoms with Crippen LogP contribution in [-0.4, -0.2) is 50.8 Å². The molecule has 1 aliphatic heterocycles. The summed E-state index contributed by atoms with van der Waals surface area (Å²) >= 11 is 0. The first-order valence-electron chi connectivity index (χ1n) is 10.1. The molecule has 4 rings (SSSR count). The van der Waals surface area contributed by atoms with E-state index in [1.807, 2.05) is 17.8 Å². The Bertz CT molecular complexity index is 753. The van der Waals surface area contributed by atoms with Crippen molar-refractivity contribution in [1.29, 1.82) is 0 Å². The molecule has 0 unspecified atom stereocenters. The average molecular weight is 355 g/mol. The molecule has 0 spiro atoms. The van der Waals surface area contributed by atoms with Crippen LogP contribution >= 0.6 is 0 Å². The maximum Gasteiger partial charge on any atom is 0.135 e. The monoisotopic (exact) mass is 354 g/mol. The lowest BCUT2D eigenvalue weighted by Crippen LogP contribution is -2.32. The maximum absolute atomic E-state index is 4.86. The zero-order valence-electron chi connectivity index (χ0n) is 16.1. The van der Waals surface area contributed by atoms with Crippen molar-refractivity contribution in [3.05, 3.63) is 35.0 Å². The molecule has 0 atom stereocenters. The molecule has 6 nitrogen and oxygen atoms in total. The summed E-state index contributed by atoms with van der Waals surface area (Å²) in [6.45, 7) is 10.5. The lowest BCUT2D eigenvalue weighted by molar-refractivity contribution is 0.285. The summed E-state index contributed by atoms with van der Waals surface area (Å²) in [5.41, 5.74) is 4.03. The third-order valence-corrected chi connectivity index (χ3v) is 5.58. The van der Waals surface area contributed by atoms with Crippen LogP contribution in [0.3, 0.4) is 0 Å². The summed E-state index contributed by atoms with van der Waals surface area (Å²) in [7, 11) is 0. The molecule has 2 aliphatic rings. The molecule has 0 N–H and O–H groups in total. The molecule has 26 heavy (non-hydrogen) atoms. The Labute approximate surface area is 156 Å². The van der Waals surface area contributed by atoms with E-state index in [0.717, 1.165) is 57.9 Å². The average Bonchev–Trinajstić information content (AvgIpc) is 2.98. The van der Waals surface area contributed by atoms with Gasteiger partial charge in [-0.3, -0.25) is 9.58 Å². The molecule has 0 amide bonds. The van der Waals surface area contributed by atoms with Gasteiger partial charge in [0.15, 0.2) is 0 Å². The van der Waals surface area contributed by atoms with Crippen molar-refractivity contribution < 1.29 is 0 Å². The van der Waals surface area contributed by atoms with Gasteiger partial charge in [-0.2, -0.15) is 5.10 Å². The van der Waals surface area contributed by atoms with Crippen LogP contribution in [0.25, 0.3) is 0 Å². The highest BCUT2D eigenvalue weighted by Gasteiger charge is 2.23. The van der Waals surface area contributed by atoms with Gasteiger partial charge in [0, 0.05) is 62.3 Å². The summed E-state index contributed by atoms with van der Waals surface area (Å²) in [6.07, 6.45) is 10.2. The van der Waals surface area contributed by atoms with Crippen molar-refractivity contribution in [3.63, 3.8) is 0 Å². The van der Waals surface area contributed by atoms with Gasteiger partial charge in [-0.25, -0.2) is 9.97 Å². The number of nitrogens with zero attached hydrogens (tertiary/aromatic N) is 6. The van der Waals surface area contributed by atoms with E-state index in [1.165, 1.54) is 41.9 Å². The first kappa shape index (κ1) is 17.5. The van der Waals surface area contributed by atoms with Crippen LogP contribution < -0.4 is 4.90 Å². The molecule has 140 valence electrons. The van der Waals surface area contributed by atoms with E-state index in [2.05, 4.69) is 28.0 Å². The zero-order chi connectivity index (χ0) is 17.9. The van der Waals surface area contributed by atoms with Gasteiger partial charge >= 0.3 is 0 Å². The van der Waals surface area contributed by atoms with Crippen LogP contribution in [0.15, 0.2) is 12.4 Å². The van der Waals surface area contributed by atoms with E-state index in [9.17, 15) is 0 Å². The summed E-state index contributed by atoms with van der Waals surface area (Å²) in [5, 5.41) is 4.41. The number of aromatic nitrogens is 4. The predicted octanol–water partition coefficient (Wildman–Crippen LogP) is 2.59. The molecule has 0 radical (unpaired) electrons. The van der Waals surface area contributed by atoms with Gasteiger partial charge in [0.1, 0.15) is 11.6 Å². The quantitative estimate of drug-likeness (QED) is 0.845. The SMILES string of the molecule is CCn1cc(CN2CCCN(c3nc(C)nc4c3CCCC4)CC2)cn1. The topological polar surface area (TPSA) is 50.1 Å². The van der Waals surface area contributed by atoms with Crippen molar-refractivity contribution in [2.24, 2.45) is 0 Å². The fourth-order valence-corrected chi connectivity index (χ4v) is 4.22. The number of hydrogen-bond acceptors (Lipinski definition) is 5.